The largest absolute Gasteiger partial charge is 0.401 e. The Balaban J connectivity index is 1.43. The lowest BCUT2D eigenvalue weighted by Crippen LogP contribution is -2.45. The van der Waals surface area contributed by atoms with Crippen molar-refractivity contribution in [3.63, 3.8) is 0 Å². The van der Waals surface area contributed by atoms with Crippen LogP contribution in [0.3, 0.4) is 0 Å². The lowest BCUT2D eigenvalue weighted by atomic mass is 10.2. The molecule has 1 aliphatic heterocycles. The van der Waals surface area contributed by atoms with Gasteiger partial charge in [-0.1, -0.05) is 29.8 Å². The first kappa shape index (κ1) is 21.6. The van der Waals surface area contributed by atoms with Crippen molar-refractivity contribution in [1.29, 1.82) is 0 Å². The van der Waals surface area contributed by atoms with E-state index < -0.39 is 12.7 Å². The fourth-order valence-electron chi connectivity index (χ4n) is 3.30. The zero-order valence-corrected chi connectivity index (χ0v) is 17.4. The fraction of sp³-hybridized carbons (Fsp3) is 0.500. The molecule has 2 aromatic rings. The third-order valence-electron chi connectivity index (χ3n) is 4.76. The number of aliphatic imine (C=N–C) groups is 1. The van der Waals surface area contributed by atoms with E-state index in [1.807, 2.05) is 0 Å². The molecular formula is C20H26F3N5S. The molecule has 2 N–H and O–H groups in total. The predicted octanol–water partition coefficient (Wildman–Crippen LogP) is 3.46. The smallest absolute Gasteiger partial charge is 0.356 e. The van der Waals surface area contributed by atoms with Crippen molar-refractivity contribution in [3.05, 3.63) is 40.9 Å². The van der Waals surface area contributed by atoms with Gasteiger partial charge in [0.25, 0.3) is 0 Å². The molecule has 0 amide bonds. The van der Waals surface area contributed by atoms with Crippen molar-refractivity contribution in [2.75, 3.05) is 33.2 Å². The number of likely N-dealkylation sites (tertiary alicyclic amines) is 1. The van der Waals surface area contributed by atoms with E-state index in [0.29, 0.717) is 32.0 Å². The summed E-state index contributed by atoms with van der Waals surface area (Å²) in [4.78, 5) is 10.3. The summed E-state index contributed by atoms with van der Waals surface area (Å²) < 4.78 is 37.5. The number of rotatable bonds is 6. The Morgan fingerprint density at radius 3 is 2.76 bits per heavy atom. The van der Waals surface area contributed by atoms with E-state index in [1.165, 1.54) is 10.5 Å². The summed E-state index contributed by atoms with van der Waals surface area (Å²) >= 11 is 1.62. The van der Waals surface area contributed by atoms with Crippen LogP contribution in [0, 0.1) is 6.92 Å². The number of halogens is 3. The number of alkyl halides is 3. The van der Waals surface area contributed by atoms with Crippen LogP contribution in [-0.2, 0) is 6.42 Å². The summed E-state index contributed by atoms with van der Waals surface area (Å²) in [5.74, 6) is 0.609. The molecule has 1 aromatic heterocycles. The third kappa shape index (κ3) is 6.71. The highest BCUT2D eigenvalue weighted by atomic mass is 32.1. The van der Waals surface area contributed by atoms with Crippen LogP contribution >= 0.6 is 11.3 Å². The quantitative estimate of drug-likeness (QED) is 0.550. The van der Waals surface area contributed by atoms with Gasteiger partial charge >= 0.3 is 6.18 Å². The van der Waals surface area contributed by atoms with Gasteiger partial charge in [0.2, 0.25) is 0 Å². The number of benzene rings is 1. The summed E-state index contributed by atoms with van der Waals surface area (Å²) in [6.07, 6.45) is -2.74. The number of aromatic nitrogens is 1. The summed E-state index contributed by atoms with van der Waals surface area (Å²) in [5.41, 5.74) is 3.34. The van der Waals surface area contributed by atoms with E-state index in [0.717, 1.165) is 22.7 Å². The molecular weight excluding hydrogens is 399 g/mol. The van der Waals surface area contributed by atoms with Gasteiger partial charge in [-0.2, -0.15) is 13.2 Å². The Bertz CT molecular complexity index is 816. The first-order valence-electron chi connectivity index (χ1n) is 9.60. The maximum atomic E-state index is 12.5. The first-order valence-corrected chi connectivity index (χ1v) is 10.5. The zero-order chi connectivity index (χ0) is 20.9. The van der Waals surface area contributed by atoms with Crippen LogP contribution in [0.25, 0.3) is 10.6 Å². The van der Waals surface area contributed by atoms with Gasteiger partial charge in [-0.05, 0) is 13.3 Å². The number of aryl methyl sites for hydroxylation is 1. The number of nitrogens with one attached hydrogen (secondary N) is 2. The van der Waals surface area contributed by atoms with Crippen molar-refractivity contribution >= 4 is 17.3 Å². The van der Waals surface area contributed by atoms with Gasteiger partial charge in [0.1, 0.15) is 5.01 Å². The molecule has 1 saturated heterocycles. The molecule has 0 spiro atoms. The van der Waals surface area contributed by atoms with Crippen LogP contribution in [0.15, 0.2) is 34.6 Å². The van der Waals surface area contributed by atoms with Gasteiger partial charge in [0, 0.05) is 50.1 Å². The van der Waals surface area contributed by atoms with Gasteiger partial charge in [0.15, 0.2) is 5.96 Å². The lowest BCUT2D eigenvalue weighted by molar-refractivity contribution is -0.143. The first-order chi connectivity index (χ1) is 13.8. The monoisotopic (exact) mass is 425 g/mol. The molecule has 0 bridgehead atoms. The molecule has 1 aliphatic rings. The molecule has 2 heterocycles. The second kappa shape index (κ2) is 9.58. The summed E-state index contributed by atoms with van der Waals surface area (Å²) in [7, 11) is 1.66. The van der Waals surface area contributed by atoms with Crippen LogP contribution < -0.4 is 10.6 Å². The molecule has 0 saturated carbocycles. The number of guanidine groups is 1. The molecule has 9 heteroatoms. The van der Waals surface area contributed by atoms with Crippen LogP contribution in [0.4, 0.5) is 13.2 Å². The van der Waals surface area contributed by atoms with E-state index in [-0.39, 0.29) is 6.04 Å². The Morgan fingerprint density at radius 2 is 2.07 bits per heavy atom. The highest BCUT2D eigenvalue weighted by Crippen LogP contribution is 2.24. The SMILES string of the molecule is CN=C(NCCc1csc(-c2ccc(C)cc2)n1)NC1CCN(CC(F)(F)F)C1. The Hall–Kier alpha value is -2.13. The van der Waals surface area contributed by atoms with Crippen LogP contribution in [-0.4, -0.2) is 61.3 Å². The minimum absolute atomic E-state index is 0.0315. The second-order valence-corrected chi connectivity index (χ2v) is 8.10. The molecule has 3 rings (SSSR count). The molecule has 29 heavy (non-hydrogen) atoms. The van der Waals surface area contributed by atoms with Gasteiger partial charge in [-0.3, -0.25) is 9.89 Å². The molecule has 5 nitrogen and oxygen atoms in total. The molecule has 1 fully saturated rings. The van der Waals surface area contributed by atoms with E-state index in [1.54, 1.807) is 18.4 Å². The maximum absolute atomic E-state index is 12.5. The van der Waals surface area contributed by atoms with Crippen molar-refractivity contribution in [3.8, 4) is 10.6 Å². The van der Waals surface area contributed by atoms with Crippen molar-refractivity contribution in [2.45, 2.75) is 32.0 Å². The fourth-order valence-corrected chi connectivity index (χ4v) is 4.16. The van der Waals surface area contributed by atoms with E-state index in [9.17, 15) is 13.2 Å². The maximum Gasteiger partial charge on any atom is 0.401 e. The van der Waals surface area contributed by atoms with Crippen LogP contribution in [0.5, 0.6) is 0 Å². The summed E-state index contributed by atoms with van der Waals surface area (Å²) in [6.45, 7) is 2.66. The molecule has 1 unspecified atom stereocenters. The highest BCUT2D eigenvalue weighted by Gasteiger charge is 2.34. The molecule has 0 aliphatic carbocycles. The number of hydrogen-bond acceptors (Lipinski definition) is 4. The third-order valence-corrected chi connectivity index (χ3v) is 5.70. The Kier molecular flexibility index (Phi) is 7.13. The van der Waals surface area contributed by atoms with Crippen LogP contribution in [0.1, 0.15) is 17.7 Å². The summed E-state index contributed by atoms with van der Waals surface area (Å²) in [6, 6.07) is 8.27. The minimum atomic E-state index is -4.15. The molecule has 0 radical (unpaired) electrons. The van der Waals surface area contributed by atoms with Gasteiger partial charge < -0.3 is 10.6 Å². The van der Waals surface area contributed by atoms with Crippen molar-refractivity contribution in [2.24, 2.45) is 4.99 Å². The van der Waals surface area contributed by atoms with Gasteiger partial charge in [0.05, 0.1) is 12.2 Å². The zero-order valence-electron chi connectivity index (χ0n) is 16.6. The number of hydrogen-bond donors (Lipinski definition) is 2. The average molecular weight is 426 g/mol. The van der Waals surface area contributed by atoms with E-state index >= 15 is 0 Å². The second-order valence-electron chi connectivity index (χ2n) is 7.24. The van der Waals surface area contributed by atoms with Gasteiger partial charge in [-0.15, -0.1) is 11.3 Å². The Morgan fingerprint density at radius 1 is 1.31 bits per heavy atom. The van der Waals surface area contributed by atoms with Gasteiger partial charge in [-0.25, -0.2) is 4.98 Å². The number of nitrogens with zero attached hydrogens (tertiary/aromatic N) is 3. The molecule has 1 atom stereocenters. The van der Waals surface area contributed by atoms with Crippen LogP contribution in [0.2, 0.25) is 0 Å². The average Bonchev–Trinajstić information content (AvgIpc) is 3.30. The predicted molar refractivity (Wildman–Crippen MR) is 111 cm³/mol. The minimum Gasteiger partial charge on any atom is -0.356 e. The lowest BCUT2D eigenvalue weighted by Gasteiger charge is -2.19. The number of thiazole rings is 1. The van der Waals surface area contributed by atoms with Crippen molar-refractivity contribution in [1.82, 2.24) is 20.5 Å². The summed E-state index contributed by atoms with van der Waals surface area (Å²) in [5, 5.41) is 9.50. The van der Waals surface area contributed by atoms with E-state index in [2.05, 4.69) is 57.2 Å². The topological polar surface area (TPSA) is 52.6 Å². The normalized spacial score (nSPS) is 18.2. The Labute approximate surface area is 173 Å². The molecule has 1 aromatic carbocycles. The highest BCUT2D eigenvalue weighted by molar-refractivity contribution is 7.13. The standard InChI is InChI=1S/C20H26F3N5S/c1-14-3-5-15(6-4-14)18-26-17(12-29-18)7-9-25-19(24-2)27-16-8-10-28(11-16)13-20(21,22)23/h3-6,12,16H,7-11,13H2,1-2H3,(H2,24,25,27). The van der Waals surface area contributed by atoms with E-state index in [4.69, 9.17) is 0 Å². The van der Waals surface area contributed by atoms with Crippen molar-refractivity contribution < 1.29 is 13.2 Å². The molecule has 158 valence electrons.